The number of hydrogen-bond donors (Lipinski definition) is 2. The molecular formula is C13H19N3O2. The van der Waals surface area contributed by atoms with Gasteiger partial charge in [0, 0.05) is 13.1 Å². The van der Waals surface area contributed by atoms with Crippen molar-refractivity contribution in [3.63, 3.8) is 0 Å². The van der Waals surface area contributed by atoms with E-state index in [9.17, 15) is 4.79 Å². The van der Waals surface area contributed by atoms with Gasteiger partial charge < -0.3 is 15.1 Å². The molecule has 0 aliphatic carbocycles. The first-order chi connectivity index (χ1) is 8.76. The fourth-order valence-electron chi connectivity index (χ4n) is 2.12. The van der Waals surface area contributed by atoms with Crippen LogP contribution in [0.5, 0.6) is 0 Å². The Labute approximate surface area is 107 Å². The number of hydrazine groups is 1. The minimum absolute atomic E-state index is 0.00491. The van der Waals surface area contributed by atoms with Crippen LogP contribution in [-0.2, 0) is 4.74 Å². The quantitative estimate of drug-likeness (QED) is 0.624. The van der Waals surface area contributed by atoms with Crippen molar-refractivity contribution in [1.82, 2.24) is 4.90 Å². The van der Waals surface area contributed by atoms with Crippen molar-refractivity contribution in [3.8, 4) is 0 Å². The van der Waals surface area contributed by atoms with Crippen LogP contribution in [0.1, 0.15) is 23.7 Å². The molecule has 0 radical (unpaired) electrons. The molecule has 1 unspecified atom stereocenters. The molecule has 0 saturated carbocycles. The highest BCUT2D eigenvalue weighted by Crippen LogP contribution is 2.18. The molecule has 5 heteroatoms. The third-order valence-electron chi connectivity index (χ3n) is 3.19. The second-order valence-electron chi connectivity index (χ2n) is 4.34. The predicted molar refractivity (Wildman–Crippen MR) is 70.2 cm³/mol. The maximum Gasteiger partial charge on any atom is 0.256 e. The number of carbonyl (C=O) groups excluding carboxylic acids is 1. The molecule has 2 rings (SSSR count). The lowest BCUT2D eigenvalue weighted by Gasteiger charge is -2.32. The Balaban J connectivity index is 2.15. The van der Waals surface area contributed by atoms with Gasteiger partial charge in [0.15, 0.2) is 0 Å². The average Bonchev–Trinajstić information content (AvgIpc) is 2.46. The molecule has 1 heterocycles. The van der Waals surface area contributed by atoms with Gasteiger partial charge in [-0.3, -0.25) is 10.6 Å². The standard InChI is InChI=1S/C13H19N3O2/c1-2-10-9-16(7-8-18-10)13(17)11-5-3-4-6-12(11)15-14/h3-6,10,15H,2,7-9,14H2,1H3. The molecule has 0 spiro atoms. The average molecular weight is 249 g/mol. The largest absolute Gasteiger partial charge is 0.375 e. The molecule has 5 nitrogen and oxygen atoms in total. The van der Waals surface area contributed by atoms with E-state index in [1.165, 1.54) is 0 Å². The van der Waals surface area contributed by atoms with E-state index in [1.54, 1.807) is 12.1 Å². The van der Waals surface area contributed by atoms with Crippen molar-refractivity contribution in [2.45, 2.75) is 19.4 Å². The number of morpholine rings is 1. The molecule has 18 heavy (non-hydrogen) atoms. The maximum absolute atomic E-state index is 12.4. The molecule has 0 aromatic heterocycles. The van der Waals surface area contributed by atoms with E-state index in [2.05, 4.69) is 12.3 Å². The highest BCUT2D eigenvalue weighted by molar-refractivity contribution is 5.99. The van der Waals surface area contributed by atoms with Crippen LogP contribution in [0, 0.1) is 0 Å². The Bertz CT molecular complexity index is 422. The molecule has 0 bridgehead atoms. The van der Waals surface area contributed by atoms with Gasteiger partial charge in [-0.15, -0.1) is 0 Å². The van der Waals surface area contributed by atoms with Crippen LogP contribution < -0.4 is 11.3 Å². The van der Waals surface area contributed by atoms with Crippen molar-refractivity contribution in [1.29, 1.82) is 0 Å². The number of anilines is 1. The van der Waals surface area contributed by atoms with E-state index < -0.39 is 0 Å². The van der Waals surface area contributed by atoms with Gasteiger partial charge in [-0.2, -0.15) is 0 Å². The van der Waals surface area contributed by atoms with Crippen LogP contribution in [-0.4, -0.2) is 36.6 Å². The van der Waals surface area contributed by atoms with Gasteiger partial charge in [0.2, 0.25) is 0 Å². The third kappa shape index (κ3) is 2.63. The van der Waals surface area contributed by atoms with Crippen LogP contribution in [0.25, 0.3) is 0 Å². The van der Waals surface area contributed by atoms with E-state index in [0.29, 0.717) is 30.9 Å². The summed E-state index contributed by atoms with van der Waals surface area (Å²) in [6.07, 6.45) is 1.06. The van der Waals surface area contributed by atoms with Crippen molar-refractivity contribution in [2.75, 3.05) is 25.1 Å². The maximum atomic E-state index is 12.4. The number of nitrogen functional groups attached to an aromatic ring is 1. The zero-order valence-corrected chi connectivity index (χ0v) is 10.6. The van der Waals surface area contributed by atoms with E-state index in [4.69, 9.17) is 10.6 Å². The van der Waals surface area contributed by atoms with E-state index in [1.807, 2.05) is 17.0 Å². The Morgan fingerprint density at radius 2 is 2.33 bits per heavy atom. The number of nitrogens with two attached hydrogens (primary N) is 1. The Kier molecular flexibility index (Phi) is 4.17. The lowest BCUT2D eigenvalue weighted by atomic mass is 10.1. The van der Waals surface area contributed by atoms with Crippen LogP contribution >= 0.6 is 0 Å². The Hall–Kier alpha value is -1.59. The number of hydrogen-bond acceptors (Lipinski definition) is 4. The number of carbonyl (C=O) groups is 1. The zero-order chi connectivity index (χ0) is 13.0. The van der Waals surface area contributed by atoms with Gasteiger partial charge in [0.25, 0.3) is 5.91 Å². The van der Waals surface area contributed by atoms with Gasteiger partial charge in [0.1, 0.15) is 0 Å². The number of ether oxygens (including phenoxy) is 1. The van der Waals surface area contributed by atoms with E-state index in [-0.39, 0.29) is 12.0 Å². The third-order valence-corrected chi connectivity index (χ3v) is 3.19. The molecule has 1 saturated heterocycles. The van der Waals surface area contributed by atoms with Gasteiger partial charge >= 0.3 is 0 Å². The number of para-hydroxylation sites is 1. The van der Waals surface area contributed by atoms with Gasteiger partial charge in [-0.25, -0.2) is 0 Å². The van der Waals surface area contributed by atoms with Crippen molar-refractivity contribution in [2.24, 2.45) is 5.84 Å². The SMILES string of the molecule is CCC1CN(C(=O)c2ccccc2NN)CCO1. The molecule has 3 N–H and O–H groups in total. The van der Waals surface area contributed by atoms with Gasteiger partial charge in [-0.05, 0) is 18.6 Å². The smallest absolute Gasteiger partial charge is 0.256 e. The molecule has 1 aromatic rings. The van der Waals surface area contributed by atoms with Crippen molar-refractivity contribution in [3.05, 3.63) is 29.8 Å². The first kappa shape index (κ1) is 12.9. The molecule has 1 atom stereocenters. The number of benzene rings is 1. The number of rotatable bonds is 3. The number of nitrogens with one attached hydrogen (secondary N) is 1. The molecule has 1 amide bonds. The fraction of sp³-hybridized carbons (Fsp3) is 0.462. The van der Waals surface area contributed by atoms with Crippen LogP contribution in [0.15, 0.2) is 24.3 Å². The summed E-state index contributed by atoms with van der Waals surface area (Å²) >= 11 is 0. The molecule has 1 aromatic carbocycles. The fourth-order valence-corrected chi connectivity index (χ4v) is 2.12. The number of amides is 1. The van der Waals surface area contributed by atoms with E-state index >= 15 is 0 Å². The normalized spacial score (nSPS) is 19.7. The summed E-state index contributed by atoms with van der Waals surface area (Å²) in [6.45, 7) is 3.94. The second kappa shape index (κ2) is 5.84. The summed E-state index contributed by atoms with van der Waals surface area (Å²) in [5, 5.41) is 0. The molecule has 1 aliphatic rings. The van der Waals surface area contributed by atoms with Gasteiger partial charge in [0.05, 0.1) is 24.0 Å². The summed E-state index contributed by atoms with van der Waals surface area (Å²) in [4.78, 5) is 14.2. The first-order valence-electron chi connectivity index (χ1n) is 6.22. The summed E-state index contributed by atoms with van der Waals surface area (Å²) in [7, 11) is 0. The van der Waals surface area contributed by atoms with Crippen LogP contribution in [0.2, 0.25) is 0 Å². The highest BCUT2D eigenvalue weighted by Gasteiger charge is 2.25. The van der Waals surface area contributed by atoms with Crippen molar-refractivity contribution < 1.29 is 9.53 Å². The summed E-state index contributed by atoms with van der Waals surface area (Å²) < 4.78 is 5.57. The summed E-state index contributed by atoms with van der Waals surface area (Å²) in [5.41, 5.74) is 3.82. The van der Waals surface area contributed by atoms with Crippen molar-refractivity contribution >= 4 is 11.6 Å². The Morgan fingerprint density at radius 1 is 1.56 bits per heavy atom. The molecule has 98 valence electrons. The minimum atomic E-state index is 0.00491. The highest BCUT2D eigenvalue weighted by atomic mass is 16.5. The predicted octanol–water partition coefficient (Wildman–Crippen LogP) is 1.22. The lowest BCUT2D eigenvalue weighted by Crippen LogP contribution is -2.45. The lowest BCUT2D eigenvalue weighted by molar-refractivity contribution is -0.0225. The molecule has 1 fully saturated rings. The van der Waals surface area contributed by atoms with Crippen LogP contribution in [0.3, 0.4) is 0 Å². The second-order valence-corrected chi connectivity index (χ2v) is 4.34. The Morgan fingerprint density at radius 3 is 3.06 bits per heavy atom. The minimum Gasteiger partial charge on any atom is -0.375 e. The van der Waals surface area contributed by atoms with Crippen LogP contribution in [0.4, 0.5) is 5.69 Å². The summed E-state index contributed by atoms with van der Waals surface area (Å²) in [5.74, 6) is 5.43. The molecule has 1 aliphatic heterocycles. The molecular weight excluding hydrogens is 230 g/mol. The monoisotopic (exact) mass is 249 g/mol. The number of nitrogens with zero attached hydrogens (tertiary/aromatic N) is 1. The topological polar surface area (TPSA) is 67.6 Å². The van der Waals surface area contributed by atoms with E-state index in [0.717, 1.165) is 6.42 Å². The zero-order valence-electron chi connectivity index (χ0n) is 10.6. The summed E-state index contributed by atoms with van der Waals surface area (Å²) in [6, 6.07) is 7.27. The van der Waals surface area contributed by atoms with Gasteiger partial charge in [-0.1, -0.05) is 19.1 Å². The first-order valence-corrected chi connectivity index (χ1v) is 6.22.